The average Bonchev–Trinajstić information content (AvgIpc) is 2.98. The minimum atomic E-state index is -0.800. The molecule has 5 aliphatic carbocycles. The zero-order chi connectivity index (χ0) is 32.6. The normalized spacial score (nSPS) is 43.8. The van der Waals surface area contributed by atoms with Crippen LogP contribution in [-0.2, 0) is 19.1 Å². The van der Waals surface area contributed by atoms with Gasteiger partial charge < -0.3 is 14.9 Å². The minimum absolute atomic E-state index is 0.00521. The molecule has 6 nitrogen and oxygen atoms in total. The number of Topliss-reactive ketones (excluding diaryl/α,β-unsaturated/α-hetero) is 1. The van der Waals surface area contributed by atoms with Crippen molar-refractivity contribution >= 4 is 23.8 Å². The summed E-state index contributed by atoms with van der Waals surface area (Å²) >= 11 is 0. The maximum absolute atomic E-state index is 13.3. The highest BCUT2D eigenvalue weighted by Gasteiger charge is 2.74. The van der Waals surface area contributed by atoms with Crippen LogP contribution in [0.2, 0.25) is 0 Å². The number of ether oxygens (including phenoxy) is 1. The van der Waals surface area contributed by atoms with E-state index in [1.807, 2.05) is 0 Å². The molecular weight excluding hydrogens is 564 g/mol. The van der Waals surface area contributed by atoms with Gasteiger partial charge in [-0.1, -0.05) is 53.7 Å². The van der Waals surface area contributed by atoms with Gasteiger partial charge in [0.15, 0.2) is 0 Å². The van der Waals surface area contributed by atoms with Gasteiger partial charge in [-0.15, -0.1) is 0 Å². The molecular formula is C39H54O6. The van der Waals surface area contributed by atoms with E-state index in [0.29, 0.717) is 36.9 Å². The summed E-state index contributed by atoms with van der Waals surface area (Å²) in [5.41, 5.74) is -0.579. The van der Waals surface area contributed by atoms with Crippen LogP contribution < -0.4 is 0 Å². The van der Waals surface area contributed by atoms with E-state index in [-0.39, 0.29) is 45.9 Å². The number of hydrogen-bond acceptors (Lipinski definition) is 5. The van der Waals surface area contributed by atoms with Crippen molar-refractivity contribution in [2.75, 3.05) is 6.61 Å². The van der Waals surface area contributed by atoms with Crippen molar-refractivity contribution < 1.29 is 29.3 Å². The van der Waals surface area contributed by atoms with Crippen molar-refractivity contribution in [1.82, 2.24) is 0 Å². The van der Waals surface area contributed by atoms with Crippen molar-refractivity contribution in [3.63, 3.8) is 0 Å². The third-order valence-corrected chi connectivity index (χ3v) is 15.2. The highest BCUT2D eigenvalue weighted by molar-refractivity contribution is 5.87. The molecule has 0 amide bonds. The first-order valence-corrected chi connectivity index (χ1v) is 17.4. The highest BCUT2D eigenvalue weighted by Crippen LogP contribution is 2.78. The molecule has 6 rings (SSSR count). The molecule has 0 spiro atoms. The Bertz CT molecular complexity index is 1390. The highest BCUT2D eigenvalue weighted by atomic mass is 16.5. The van der Waals surface area contributed by atoms with E-state index in [9.17, 15) is 24.6 Å². The topological polar surface area (TPSA) is 101 Å². The lowest BCUT2D eigenvalue weighted by Crippen LogP contribution is -2.70. The van der Waals surface area contributed by atoms with E-state index in [2.05, 4.69) is 41.5 Å². The van der Waals surface area contributed by atoms with E-state index in [0.717, 1.165) is 56.9 Å². The predicted molar refractivity (Wildman–Crippen MR) is 174 cm³/mol. The molecule has 1 aromatic rings. The van der Waals surface area contributed by atoms with Crippen LogP contribution in [0.25, 0.3) is 6.08 Å². The molecule has 0 aromatic heterocycles. The summed E-state index contributed by atoms with van der Waals surface area (Å²) in [5.74, 6) is 0.315. The first-order valence-electron chi connectivity index (χ1n) is 17.4. The Kier molecular flexibility index (Phi) is 7.69. The summed E-state index contributed by atoms with van der Waals surface area (Å²) in [4.78, 5) is 39.6. The number of hydrogen-bond donors (Lipinski definition) is 2. The van der Waals surface area contributed by atoms with Gasteiger partial charge in [0.25, 0.3) is 0 Å². The van der Waals surface area contributed by atoms with Crippen molar-refractivity contribution in [1.29, 1.82) is 0 Å². The van der Waals surface area contributed by atoms with Crippen LogP contribution >= 0.6 is 0 Å². The number of carbonyl (C=O) groups is 3. The first-order chi connectivity index (χ1) is 21.0. The molecule has 0 saturated heterocycles. The Labute approximate surface area is 269 Å². The van der Waals surface area contributed by atoms with E-state index in [1.165, 1.54) is 6.08 Å². The maximum Gasteiger partial charge on any atom is 0.330 e. The van der Waals surface area contributed by atoms with E-state index in [1.54, 1.807) is 30.3 Å². The molecule has 5 fully saturated rings. The van der Waals surface area contributed by atoms with Crippen LogP contribution in [0.1, 0.15) is 118 Å². The van der Waals surface area contributed by atoms with Gasteiger partial charge in [0.05, 0.1) is 12.0 Å². The monoisotopic (exact) mass is 618 g/mol. The zero-order valence-electron chi connectivity index (χ0n) is 28.3. The van der Waals surface area contributed by atoms with Gasteiger partial charge in [0.1, 0.15) is 11.5 Å². The minimum Gasteiger partial charge on any atom is -0.508 e. The second kappa shape index (κ2) is 10.7. The molecule has 0 radical (unpaired) electrons. The number of esters is 1. The molecule has 0 heterocycles. The number of carboxylic acid groups (broad SMARTS) is 1. The van der Waals surface area contributed by atoms with Crippen LogP contribution in [0.3, 0.4) is 0 Å². The molecule has 1 aromatic carbocycles. The number of phenolic OH excluding ortho intramolecular Hbond substituents is 1. The SMILES string of the molecule is C[C@H]1C(=O)CC[C@@H]2[C@]1(C)CC[C@H]1[C@@]2(C)CC[C@@]2(COC(=O)C=Cc3ccc(O)cc3)[C@@H]3CC(C)(C)CC[C@]3(C(=O)O)CC[C@]12C. The Morgan fingerprint density at radius 1 is 0.867 bits per heavy atom. The van der Waals surface area contributed by atoms with E-state index in [4.69, 9.17) is 4.74 Å². The Morgan fingerprint density at radius 3 is 2.24 bits per heavy atom. The smallest absolute Gasteiger partial charge is 0.330 e. The van der Waals surface area contributed by atoms with Crippen LogP contribution in [0, 0.1) is 56.2 Å². The van der Waals surface area contributed by atoms with Gasteiger partial charge in [-0.3, -0.25) is 9.59 Å². The third-order valence-electron chi connectivity index (χ3n) is 15.2. The van der Waals surface area contributed by atoms with Crippen molar-refractivity contribution in [2.24, 2.45) is 56.2 Å². The number of aromatic hydroxyl groups is 1. The van der Waals surface area contributed by atoms with Gasteiger partial charge in [-0.05, 0) is 127 Å². The standard InChI is InChI=1S/C39H54O6/c1-25-28(41)12-13-29-35(25,4)16-15-30-36(29,5)18-22-39(24-45-32(42)14-9-26-7-10-27(40)11-8-26)31-23-34(2,3)17-20-38(31,33(43)44)21-19-37(30,39)6/h7-11,14,25,29-31,40H,12-13,15-24H2,1-6H3,(H,43,44)/t25-,29+,30-,31+,35+,36-,37+,38-,39+/m0/s1. The van der Waals surface area contributed by atoms with E-state index >= 15 is 0 Å². The van der Waals surface area contributed by atoms with Crippen LogP contribution in [-0.4, -0.2) is 34.5 Å². The molecule has 0 aliphatic heterocycles. The lowest BCUT2D eigenvalue weighted by Gasteiger charge is -2.74. The largest absolute Gasteiger partial charge is 0.508 e. The van der Waals surface area contributed by atoms with Gasteiger partial charge in [-0.2, -0.15) is 0 Å². The zero-order valence-corrected chi connectivity index (χ0v) is 28.3. The Balaban J connectivity index is 1.39. The Hall–Kier alpha value is -2.63. The molecule has 5 saturated carbocycles. The van der Waals surface area contributed by atoms with Crippen molar-refractivity contribution in [3.05, 3.63) is 35.9 Å². The number of benzene rings is 1. The fourth-order valence-electron chi connectivity index (χ4n) is 12.3. The average molecular weight is 619 g/mol. The van der Waals surface area contributed by atoms with Gasteiger partial charge in [0, 0.05) is 23.8 Å². The van der Waals surface area contributed by atoms with Gasteiger partial charge in [0.2, 0.25) is 0 Å². The molecule has 5 aliphatic rings. The molecule has 2 N–H and O–H groups in total. The lowest BCUT2D eigenvalue weighted by atomic mass is 9.29. The van der Waals surface area contributed by atoms with Crippen molar-refractivity contribution in [2.45, 2.75) is 112 Å². The van der Waals surface area contributed by atoms with Crippen LogP contribution in [0.15, 0.2) is 30.3 Å². The van der Waals surface area contributed by atoms with Crippen LogP contribution in [0.5, 0.6) is 5.75 Å². The summed E-state index contributed by atoms with van der Waals surface area (Å²) in [6.07, 6.45) is 12.5. The maximum atomic E-state index is 13.3. The molecule has 9 atom stereocenters. The molecule has 0 unspecified atom stereocenters. The van der Waals surface area contributed by atoms with Crippen LogP contribution in [0.4, 0.5) is 0 Å². The summed E-state index contributed by atoms with van der Waals surface area (Å²) in [6, 6.07) is 6.68. The number of phenols is 1. The first kappa shape index (κ1) is 32.3. The summed E-state index contributed by atoms with van der Waals surface area (Å²) in [7, 11) is 0. The number of carbonyl (C=O) groups excluding carboxylic acids is 2. The van der Waals surface area contributed by atoms with Crippen molar-refractivity contribution in [3.8, 4) is 5.75 Å². The fourth-order valence-corrected chi connectivity index (χ4v) is 12.3. The third kappa shape index (κ3) is 4.74. The molecule has 0 bridgehead atoms. The lowest BCUT2D eigenvalue weighted by molar-refractivity contribution is -0.274. The molecule has 6 heteroatoms. The summed E-state index contributed by atoms with van der Waals surface area (Å²) < 4.78 is 6.25. The second-order valence-corrected chi connectivity index (χ2v) is 17.4. The number of fused-ring (bicyclic) bond motifs is 7. The number of aliphatic carboxylic acids is 1. The van der Waals surface area contributed by atoms with E-state index < -0.39 is 22.8 Å². The number of carboxylic acids is 1. The molecule has 246 valence electrons. The summed E-state index contributed by atoms with van der Waals surface area (Å²) in [6.45, 7) is 14.3. The number of ketones is 1. The van der Waals surface area contributed by atoms with Gasteiger partial charge >= 0.3 is 11.9 Å². The van der Waals surface area contributed by atoms with Gasteiger partial charge in [-0.25, -0.2) is 4.79 Å². The fraction of sp³-hybridized carbons (Fsp3) is 0.718. The predicted octanol–water partition coefficient (Wildman–Crippen LogP) is 8.46. The summed E-state index contributed by atoms with van der Waals surface area (Å²) in [5, 5.41) is 20.6. The quantitative estimate of drug-likeness (QED) is 0.254. The Morgan fingerprint density at radius 2 is 1.56 bits per heavy atom. The molecule has 45 heavy (non-hydrogen) atoms. The number of rotatable bonds is 5. The second-order valence-electron chi connectivity index (χ2n) is 17.4.